The van der Waals surface area contributed by atoms with Gasteiger partial charge in [-0.25, -0.2) is 4.39 Å². The van der Waals surface area contributed by atoms with Crippen molar-refractivity contribution in [3.05, 3.63) is 88.2 Å². The number of aliphatic hydroxyl groups is 1. The third-order valence-corrected chi connectivity index (χ3v) is 6.17. The minimum Gasteiger partial charge on any atom is -0.507 e. The molecule has 0 spiro atoms. The molecule has 0 aliphatic carbocycles. The van der Waals surface area contributed by atoms with Crippen molar-refractivity contribution >= 4 is 34.7 Å². The van der Waals surface area contributed by atoms with Crippen LogP contribution in [0.2, 0.25) is 5.02 Å². The Morgan fingerprint density at radius 1 is 0.973 bits per heavy atom. The fraction of sp³-hybridized carbons (Fsp3) is 0.214. The van der Waals surface area contributed by atoms with E-state index in [1.165, 1.54) is 24.1 Å². The second-order valence-electron chi connectivity index (χ2n) is 8.06. The number of rotatable bonds is 8. The number of hydrogen-bond acceptors (Lipinski definition) is 6. The zero-order chi connectivity index (χ0) is 26.7. The summed E-state index contributed by atoms with van der Waals surface area (Å²) in [5, 5.41) is 11.3. The number of hydrogen-bond donors (Lipinski definition) is 1. The smallest absolute Gasteiger partial charge is 0.300 e. The van der Waals surface area contributed by atoms with Gasteiger partial charge in [0.25, 0.3) is 11.7 Å². The molecule has 0 saturated carbocycles. The fourth-order valence-electron chi connectivity index (χ4n) is 4.21. The van der Waals surface area contributed by atoms with Gasteiger partial charge in [0.05, 0.1) is 42.5 Å². The molecule has 9 heteroatoms. The lowest BCUT2D eigenvalue weighted by molar-refractivity contribution is -0.132. The third kappa shape index (κ3) is 4.97. The van der Waals surface area contributed by atoms with Crippen molar-refractivity contribution in [2.24, 2.45) is 0 Å². The first-order chi connectivity index (χ1) is 17.8. The molecule has 1 heterocycles. The number of anilines is 1. The summed E-state index contributed by atoms with van der Waals surface area (Å²) < 4.78 is 30.4. The number of carbonyl (C=O) groups excluding carboxylic acids is 2. The minimum atomic E-state index is -1.03. The maximum atomic E-state index is 13.9. The van der Waals surface area contributed by atoms with E-state index in [1.807, 2.05) is 6.92 Å². The van der Waals surface area contributed by atoms with Crippen molar-refractivity contribution < 1.29 is 33.3 Å². The number of methoxy groups -OCH3 is 1. The van der Waals surface area contributed by atoms with Crippen LogP contribution in [0.4, 0.5) is 10.1 Å². The first kappa shape index (κ1) is 26.0. The van der Waals surface area contributed by atoms with E-state index in [1.54, 1.807) is 49.4 Å². The second-order valence-corrected chi connectivity index (χ2v) is 8.47. The van der Waals surface area contributed by atoms with Crippen LogP contribution in [0.3, 0.4) is 0 Å². The van der Waals surface area contributed by atoms with Gasteiger partial charge in [0, 0.05) is 11.8 Å². The molecule has 1 aliphatic heterocycles. The van der Waals surface area contributed by atoms with Crippen molar-refractivity contribution in [3.63, 3.8) is 0 Å². The highest BCUT2D eigenvalue weighted by atomic mass is 35.5. The third-order valence-electron chi connectivity index (χ3n) is 5.88. The number of benzene rings is 3. The molecule has 3 aromatic rings. The lowest BCUT2D eigenvalue weighted by Gasteiger charge is -2.26. The van der Waals surface area contributed by atoms with E-state index in [9.17, 15) is 19.1 Å². The molecule has 0 aromatic heterocycles. The SMILES string of the molecule is CCOc1ccc(/C(O)=C2/C(=O)C(=O)N(c3ccc(F)c(Cl)c3)C2c2ccc(OC)cc2)c(OCC)c1. The normalized spacial score (nSPS) is 16.7. The Balaban J connectivity index is 1.94. The average Bonchev–Trinajstić information content (AvgIpc) is 3.16. The molecule has 4 rings (SSSR count). The summed E-state index contributed by atoms with van der Waals surface area (Å²) in [6.07, 6.45) is 0. The molecule has 1 amide bonds. The average molecular weight is 526 g/mol. The van der Waals surface area contributed by atoms with Gasteiger partial charge in [0.15, 0.2) is 0 Å². The molecule has 0 radical (unpaired) electrons. The van der Waals surface area contributed by atoms with Gasteiger partial charge in [-0.1, -0.05) is 23.7 Å². The van der Waals surface area contributed by atoms with Crippen LogP contribution >= 0.6 is 11.6 Å². The number of amides is 1. The van der Waals surface area contributed by atoms with Crippen LogP contribution in [0.25, 0.3) is 5.76 Å². The molecule has 1 unspecified atom stereocenters. The number of Topliss-reactive ketones (excluding diaryl/α,β-unsaturated/α-hetero) is 1. The standard InChI is InChI=1S/C28H25ClFNO6/c1-4-36-19-11-12-20(23(15-19)37-5-2)26(32)24-25(16-6-9-18(35-3)10-7-16)31(28(34)27(24)33)17-8-13-22(30)21(29)14-17/h6-15,25,32H,4-5H2,1-3H3/b26-24-. The number of carbonyl (C=O) groups is 2. The van der Waals surface area contributed by atoms with Gasteiger partial charge < -0.3 is 19.3 Å². The first-order valence-corrected chi connectivity index (χ1v) is 12.0. The summed E-state index contributed by atoms with van der Waals surface area (Å²) in [5.74, 6) is -1.51. The van der Waals surface area contributed by atoms with Crippen LogP contribution in [0.15, 0.2) is 66.2 Å². The topological polar surface area (TPSA) is 85.3 Å². The molecule has 1 saturated heterocycles. The van der Waals surface area contributed by atoms with Gasteiger partial charge in [-0.05, 0) is 61.9 Å². The van der Waals surface area contributed by atoms with Crippen molar-refractivity contribution in [3.8, 4) is 17.2 Å². The van der Waals surface area contributed by atoms with E-state index in [4.69, 9.17) is 25.8 Å². The maximum absolute atomic E-state index is 13.9. The van der Waals surface area contributed by atoms with Crippen LogP contribution in [0, 0.1) is 5.82 Å². The Bertz CT molecular complexity index is 1370. The van der Waals surface area contributed by atoms with Gasteiger partial charge in [0.2, 0.25) is 0 Å². The van der Waals surface area contributed by atoms with E-state index < -0.39 is 29.3 Å². The van der Waals surface area contributed by atoms with Gasteiger partial charge in [-0.2, -0.15) is 0 Å². The van der Waals surface area contributed by atoms with Crippen molar-refractivity contribution in [2.75, 3.05) is 25.2 Å². The van der Waals surface area contributed by atoms with Gasteiger partial charge in [-0.3, -0.25) is 14.5 Å². The quantitative estimate of drug-likeness (QED) is 0.223. The predicted octanol–water partition coefficient (Wildman–Crippen LogP) is 5.91. The molecule has 192 valence electrons. The largest absolute Gasteiger partial charge is 0.507 e. The van der Waals surface area contributed by atoms with E-state index in [2.05, 4.69) is 0 Å². The van der Waals surface area contributed by atoms with E-state index >= 15 is 0 Å². The molecule has 7 nitrogen and oxygen atoms in total. The van der Waals surface area contributed by atoms with Crippen molar-refractivity contribution in [2.45, 2.75) is 19.9 Å². The van der Waals surface area contributed by atoms with Gasteiger partial charge >= 0.3 is 0 Å². The Labute approximate surface area is 218 Å². The highest BCUT2D eigenvalue weighted by molar-refractivity contribution is 6.51. The second kappa shape index (κ2) is 10.9. The Morgan fingerprint density at radius 2 is 1.65 bits per heavy atom. The monoisotopic (exact) mass is 525 g/mol. The molecular formula is C28H25ClFNO6. The zero-order valence-corrected chi connectivity index (χ0v) is 21.2. The number of nitrogens with zero attached hydrogens (tertiary/aromatic N) is 1. The molecule has 3 aromatic carbocycles. The Kier molecular flexibility index (Phi) is 7.69. The number of ether oxygens (including phenoxy) is 3. The predicted molar refractivity (Wildman–Crippen MR) is 138 cm³/mol. The summed E-state index contributed by atoms with van der Waals surface area (Å²) in [7, 11) is 1.52. The van der Waals surface area contributed by atoms with Crippen LogP contribution in [-0.4, -0.2) is 37.1 Å². The van der Waals surface area contributed by atoms with Crippen LogP contribution in [0.1, 0.15) is 31.0 Å². The Hall–Kier alpha value is -4.04. The van der Waals surface area contributed by atoms with E-state index in [0.717, 1.165) is 6.07 Å². The Morgan fingerprint density at radius 3 is 2.27 bits per heavy atom. The highest BCUT2D eigenvalue weighted by Gasteiger charge is 2.47. The minimum absolute atomic E-state index is 0.152. The molecule has 1 fully saturated rings. The summed E-state index contributed by atoms with van der Waals surface area (Å²) in [6, 6.07) is 14.2. The lowest BCUT2D eigenvalue weighted by Crippen LogP contribution is -2.29. The molecule has 37 heavy (non-hydrogen) atoms. The molecule has 1 atom stereocenters. The molecule has 0 bridgehead atoms. The summed E-state index contributed by atoms with van der Waals surface area (Å²) in [6.45, 7) is 4.35. The van der Waals surface area contributed by atoms with Crippen LogP contribution < -0.4 is 19.1 Å². The summed E-state index contributed by atoms with van der Waals surface area (Å²) >= 11 is 6.00. The number of ketones is 1. The first-order valence-electron chi connectivity index (χ1n) is 11.6. The van der Waals surface area contributed by atoms with Crippen molar-refractivity contribution in [1.82, 2.24) is 0 Å². The lowest BCUT2D eigenvalue weighted by atomic mass is 9.94. The van der Waals surface area contributed by atoms with Crippen molar-refractivity contribution in [1.29, 1.82) is 0 Å². The molecule has 1 N–H and O–H groups in total. The molecule has 1 aliphatic rings. The maximum Gasteiger partial charge on any atom is 0.300 e. The molecular weight excluding hydrogens is 501 g/mol. The van der Waals surface area contributed by atoms with E-state index in [0.29, 0.717) is 30.3 Å². The highest BCUT2D eigenvalue weighted by Crippen LogP contribution is 2.44. The van der Waals surface area contributed by atoms with Gasteiger partial charge in [-0.15, -0.1) is 0 Å². The summed E-state index contributed by atoms with van der Waals surface area (Å²) in [5.41, 5.74) is 0.788. The van der Waals surface area contributed by atoms with Crippen LogP contribution in [0.5, 0.6) is 17.2 Å². The number of aliphatic hydroxyl groups excluding tert-OH is 1. The fourth-order valence-corrected chi connectivity index (χ4v) is 4.38. The number of halogens is 2. The van der Waals surface area contributed by atoms with Crippen LogP contribution in [-0.2, 0) is 9.59 Å². The van der Waals surface area contributed by atoms with E-state index in [-0.39, 0.29) is 27.6 Å². The summed E-state index contributed by atoms with van der Waals surface area (Å²) in [4.78, 5) is 27.9. The zero-order valence-electron chi connectivity index (χ0n) is 20.5. The van der Waals surface area contributed by atoms with Gasteiger partial charge in [0.1, 0.15) is 28.8 Å².